The predicted octanol–water partition coefficient (Wildman–Crippen LogP) is 5.82. The number of nitrogens with zero attached hydrogens (tertiary/aromatic N) is 1. The van der Waals surface area contributed by atoms with Crippen LogP contribution in [-0.2, 0) is 22.5 Å². The molecule has 2 aromatic carbocycles. The number of carbonyl (C=O) groups is 2. The van der Waals surface area contributed by atoms with Crippen molar-refractivity contribution in [1.29, 1.82) is 0 Å². The van der Waals surface area contributed by atoms with Crippen LogP contribution in [0.15, 0.2) is 48.5 Å². The Hall–Kier alpha value is -3.48. The Morgan fingerprint density at radius 2 is 1.57 bits per heavy atom. The lowest BCUT2D eigenvalue weighted by Crippen LogP contribution is -2.42. The van der Waals surface area contributed by atoms with Gasteiger partial charge in [0, 0.05) is 32.5 Å². The number of hydrogen-bond acceptors (Lipinski definition) is 4. The van der Waals surface area contributed by atoms with Gasteiger partial charge >= 0.3 is 24.1 Å². The van der Waals surface area contributed by atoms with Crippen molar-refractivity contribution in [3.63, 3.8) is 0 Å². The van der Waals surface area contributed by atoms with Crippen LogP contribution in [-0.4, -0.2) is 66.5 Å². The molecule has 1 unspecified atom stereocenters. The van der Waals surface area contributed by atoms with Crippen molar-refractivity contribution >= 4 is 12.0 Å². The molecule has 0 spiro atoms. The number of unbranched alkanes of at least 4 members (excludes halogenated alkanes) is 1. The monoisotopic (exact) mass is 578 g/mol. The maximum Gasteiger partial charge on any atom is 0.453 e. The Morgan fingerprint density at radius 1 is 0.950 bits per heavy atom. The Morgan fingerprint density at radius 3 is 2.15 bits per heavy atom. The van der Waals surface area contributed by atoms with Crippen LogP contribution in [0.25, 0.3) is 0 Å². The number of halogens is 6. The number of carbonyl (C=O) groups excluding carboxylic acids is 1. The first-order valence-corrected chi connectivity index (χ1v) is 12.6. The number of alkyl halides is 5. The molecule has 40 heavy (non-hydrogen) atoms. The summed E-state index contributed by atoms with van der Waals surface area (Å²) in [6.45, 7) is 1.87. The van der Waals surface area contributed by atoms with Gasteiger partial charge in [-0.05, 0) is 55.2 Å². The Bertz CT molecular complexity index is 1060. The minimum absolute atomic E-state index is 0.00189. The molecule has 0 aromatic heterocycles. The van der Waals surface area contributed by atoms with E-state index in [2.05, 4.69) is 5.32 Å². The number of carboxylic acids is 1. The van der Waals surface area contributed by atoms with E-state index in [1.165, 1.54) is 29.2 Å². The summed E-state index contributed by atoms with van der Waals surface area (Å²) in [7, 11) is 0. The highest BCUT2D eigenvalue weighted by molar-refractivity contribution is 5.74. The summed E-state index contributed by atoms with van der Waals surface area (Å²) in [5, 5.41) is 11.8. The lowest BCUT2D eigenvalue weighted by Gasteiger charge is -2.24. The summed E-state index contributed by atoms with van der Waals surface area (Å²) < 4.78 is 87.6. The Labute approximate surface area is 228 Å². The van der Waals surface area contributed by atoms with Gasteiger partial charge in [-0.2, -0.15) is 22.0 Å². The SMILES string of the molecule is CCOC(Cc1ccc(OCCN(CCCCC(F)(F)C(F)(F)F)C(=O)NCc2ccc(F)cc2)cc1)C(=O)O. The van der Waals surface area contributed by atoms with Crippen LogP contribution in [0.3, 0.4) is 0 Å². The number of nitrogens with one attached hydrogen (secondary N) is 1. The third kappa shape index (κ3) is 10.9. The van der Waals surface area contributed by atoms with Gasteiger partial charge in [0.1, 0.15) is 18.2 Å². The second-order valence-corrected chi connectivity index (χ2v) is 8.91. The quantitative estimate of drug-likeness (QED) is 0.194. The molecule has 2 N–H and O–H groups in total. The highest BCUT2D eigenvalue weighted by Crippen LogP contribution is 2.39. The molecule has 0 saturated heterocycles. The van der Waals surface area contributed by atoms with Crippen molar-refractivity contribution in [3.05, 3.63) is 65.5 Å². The highest BCUT2D eigenvalue weighted by Gasteiger charge is 2.56. The summed E-state index contributed by atoms with van der Waals surface area (Å²) in [4.78, 5) is 25.2. The Kier molecular flexibility index (Phi) is 12.6. The van der Waals surface area contributed by atoms with Crippen molar-refractivity contribution in [2.45, 2.75) is 57.4 Å². The summed E-state index contributed by atoms with van der Waals surface area (Å²) in [6.07, 6.45) is -8.44. The van der Waals surface area contributed by atoms with E-state index < -0.39 is 48.9 Å². The lowest BCUT2D eigenvalue weighted by molar-refractivity contribution is -0.284. The highest BCUT2D eigenvalue weighted by atomic mass is 19.4. The smallest absolute Gasteiger partial charge is 0.453 e. The molecular weight excluding hydrogens is 546 g/mol. The largest absolute Gasteiger partial charge is 0.492 e. The number of benzene rings is 2. The molecule has 0 heterocycles. The van der Waals surface area contributed by atoms with E-state index in [0.29, 0.717) is 16.9 Å². The van der Waals surface area contributed by atoms with Crippen LogP contribution in [0, 0.1) is 5.82 Å². The fourth-order valence-corrected chi connectivity index (χ4v) is 3.63. The zero-order chi connectivity index (χ0) is 29.8. The molecule has 7 nitrogen and oxygen atoms in total. The van der Waals surface area contributed by atoms with E-state index in [1.807, 2.05) is 0 Å². The van der Waals surface area contributed by atoms with Crippen molar-refractivity contribution in [2.24, 2.45) is 0 Å². The normalized spacial score (nSPS) is 12.6. The summed E-state index contributed by atoms with van der Waals surface area (Å²) >= 11 is 0. The van der Waals surface area contributed by atoms with Crippen LogP contribution in [0.5, 0.6) is 5.75 Å². The van der Waals surface area contributed by atoms with Gasteiger partial charge in [-0.15, -0.1) is 0 Å². The van der Waals surface area contributed by atoms with E-state index in [1.54, 1.807) is 31.2 Å². The summed E-state index contributed by atoms with van der Waals surface area (Å²) in [5.74, 6) is -5.93. The van der Waals surface area contributed by atoms with Crippen LogP contribution in [0.4, 0.5) is 31.1 Å². The van der Waals surface area contributed by atoms with Gasteiger partial charge < -0.3 is 24.8 Å². The van der Waals surface area contributed by atoms with Gasteiger partial charge in [-0.3, -0.25) is 0 Å². The second-order valence-electron chi connectivity index (χ2n) is 8.91. The number of amides is 2. The zero-order valence-corrected chi connectivity index (χ0v) is 21.9. The topological polar surface area (TPSA) is 88.1 Å². The average Bonchev–Trinajstić information content (AvgIpc) is 2.89. The molecule has 2 rings (SSSR count). The molecule has 222 valence electrons. The minimum atomic E-state index is -5.64. The van der Waals surface area contributed by atoms with Crippen LogP contribution < -0.4 is 10.1 Å². The molecule has 1 atom stereocenters. The lowest BCUT2D eigenvalue weighted by atomic mass is 10.1. The molecule has 2 amide bonds. The number of carboxylic acid groups (broad SMARTS) is 1. The van der Waals surface area contributed by atoms with Gasteiger partial charge in [-0.25, -0.2) is 14.0 Å². The van der Waals surface area contributed by atoms with Crippen LogP contribution in [0.1, 0.15) is 37.3 Å². The first kappa shape index (κ1) is 32.7. The fourth-order valence-electron chi connectivity index (χ4n) is 3.63. The first-order valence-electron chi connectivity index (χ1n) is 12.6. The standard InChI is InChI=1S/C27H32F6N2O5/c1-2-39-23(24(36)37)17-19-7-11-22(12-8-19)40-16-15-35(14-4-3-13-26(29,30)27(31,32)33)25(38)34-18-20-5-9-21(28)10-6-20/h5-12,23H,2-4,13-18H2,1H3,(H,34,38)(H,36,37). The third-order valence-electron chi connectivity index (χ3n) is 5.85. The number of aliphatic carboxylic acids is 1. The summed E-state index contributed by atoms with van der Waals surface area (Å²) in [5.41, 5.74) is 1.30. The predicted molar refractivity (Wildman–Crippen MR) is 134 cm³/mol. The van der Waals surface area contributed by atoms with Gasteiger partial charge in [0.05, 0.1) is 6.54 Å². The van der Waals surface area contributed by atoms with E-state index in [4.69, 9.17) is 9.47 Å². The maximum atomic E-state index is 13.2. The molecule has 0 saturated carbocycles. The molecule has 0 fully saturated rings. The molecular formula is C27H32F6N2O5. The molecule has 0 aliphatic heterocycles. The van der Waals surface area contributed by atoms with Crippen molar-refractivity contribution in [2.75, 3.05) is 26.3 Å². The van der Waals surface area contributed by atoms with E-state index in [-0.39, 0.29) is 45.7 Å². The zero-order valence-electron chi connectivity index (χ0n) is 21.9. The number of ether oxygens (including phenoxy) is 2. The van der Waals surface area contributed by atoms with Crippen molar-refractivity contribution < 1.29 is 50.5 Å². The van der Waals surface area contributed by atoms with Crippen LogP contribution in [0.2, 0.25) is 0 Å². The Balaban J connectivity index is 1.93. The van der Waals surface area contributed by atoms with Crippen LogP contribution >= 0.6 is 0 Å². The summed E-state index contributed by atoms with van der Waals surface area (Å²) in [6, 6.07) is 11.3. The maximum absolute atomic E-state index is 13.2. The molecule has 2 aromatic rings. The number of urea groups is 1. The number of hydrogen-bond donors (Lipinski definition) is 2. The average molecular weight is 579 g/mol. The first-order chi connectivity index (χ1) is 18.8. The second kappa shape index (κ2) is 15.3. The van der Waals surface area contributed by atoms with E-state index >= 15 is 0 Å². The minimum Gasteiger partial charge on any atom is -0.492 e. The van der Waals surface area contributed by atoms with Gasteiger partial charge in [0.15, 0.2) is 6.10 Å². The molecule has 13 heteroatoms. The van der Waals surface area contributed by atoms with Gasteiger partial charge in [0.2, 0.25) is 0 Å². The molecule has 0 radical (unpaired) electrons. The van der Waals surface area contributed by atoms with Gasteiger partial charge in [0.25, 0.3) is 0 Å². The molecule has 0 aliphatic carbocycles. The van der Waals surface area contributed by atoms with Gasteiger partial charge in [-0.1, -0.05) is 24.3 Å². The van der Waals surface area contributed by atoms with Crippen molar-refractivity contribution in [3.8, 4) is 5.75 Å². The van der Waals surface area contributed by atoms with E-state index in [0.717, 1.165) is 0 Å². The fraction of sp³-hybridized carbons (Fsp3) is 0.481. The van der Waals surface area contributed by atoms with E-state index in [9.17, 15) is 41.0 Å². The molecule has 0 bridgehead atoms. The van der Waals surface area contributed by atoms with Crippen molar-refractivity contribution in [1.82, 2.24) is 10.2 Å². The third-order valence-corrected chi connectivity index (χ3v) is 5.85. The molecule has 0 aliphatic rings. The number of rotatable bonds is 16.